The summed E-state index contributed by atoms with van der Waals surface area (Å²) in [7, 11) is 1.58. The molecule has 0 unspecified atom stereocenters. The molecule has 3 aromatic rings. The smallest absolute Gasteiger partial charge is 0.260 e. The van der Waals surface area contributed by atoms with Gasteiger partial charge in [-0.1, -0.05) is 12.1 Å². The first-order valence-electron chi connectivity index (χ1n) is 9.50. The summed E-state index contributed by atoms with van der Waals surface area (Å²) in [5, 5.41) is 8.63. The Morgan fingerprint density at radius 1 is 0.897 bits per heavy atom. The molecule has 0 aliphatic carbocycles. The minimum atomic E-state index is -0.0374. The van der Waals surface area contributed by atoms with Gasteiger partial charge >= 0.3 is 0 Å². The number of methoxy groups -OCH3 is 1. The number of amides is 1. The van der Waals surface area contributed by atoms with Gasteiger partial charge in [0.1, 0.15) is 0 Å². The average Bonchev–Trinajstić information content (AvgIpc) is 3.33. The molecule has 1 amide bonds. The van der Waals surface area contributed by atoms with Crippen LogP contribution in [0.5, 0.6) is 11.5 Å². The van der Waals surface area contributed by atoms with Gasteiger partial charge in [0, 0.05) is 38.6 Å². The number of piperazine rings is 1. The largest absolute Gasteiger partial charge is 0.493 e. The van der Waals surface area contributed by atoms with Crippen LogP contribution in [-0.2, 0) is 4.79 Å². The molecule has 1 aliphatic rings. The lowest BCUT2D eigenvalue weighted by molar-refractivity contribution is -0.133. The molecule has 1 saturated heterocycles. The molecule has 8 nitrogen and oxygen atoms in total. The van der Waals surface area contributed by atoms with Gasteiger partial charge in [-0.25, -0.2) is 0 Å². The number of hydrogen-bond acceptors (Lipinski definition) is 6. The van der Waals surface area contributed by atoms with Crippen LogP contribution in [0.15, 0.2) is 60.9 Å². The zero-order valence-electron chi connectivity index (χ0n) is 16.3. The van der Waals surface area contributed by atoms with Crippen LogP contribution in [0.2, 0.25) is 0 Å². The van der Waals surface area contributed by atoms with Gasteiger partial charge < -0.3 is 23.8 Å². The summed E-state index contributed by atoms with van der Waals surface area (Å²) in [6.07, 6.45) is 3.86. The minimum absolute atomic E-state index is 0.00819. The molecule has 0 N–H and O–H groups in total. The van der Waals surface area contributed by atoms with Crippen LogP contribution in [-0.4, -0.2) is 65.5 Å². The van der Waals surface area contributed by atoms with Crippen molar-refractivity contribution in [2.75, 3.05) is 44.8 Å². The lowest BCUT2D eigenvalue weighted by atomic mass is 10.3. The van der Waals surface area contributed by atoms with Gasteiger partial charge in [0.25, 0.3) is 5.91 Å². The topological polar surface area (TPSA) is 72.7 Å². The van der Waals surface area contributed by atoms with Gasteiger partial charge in [-0.2, -0.15) is 0 Å². The summed E-state index contributed by atoms with van der Waals surface area (Å²) < 4.78 is 12.8. The molecular weight excluding hydrogens is 370 g/mol. The van der Waals surface area contributed by atoms with Crippen LogP contribution in [0.25, 0.3) is 5.82 Å². The number of carbonyl (C=O) groups is 1. The third-order valence-corrected chi connectivity index (χ3v) is 4.88. The molecule has 150 valence electrons. The van der Waals surface area contributed by atoms with Crippen LogP contribution in [0.1, 0.15) is 0 Å². The highest BCUT2D eigenvalue weighted by Crippen LogP contribution is 2.25. The van der Waals surface area contributed by atoms with Crippen molar-refractivity contribution in [1.29, 1.82) is 0 Å². The average molecular weight is 393 g/mol. The molecule has 2 aromatic heterocycles. The van der Waals surface area contributed by atoms with Crippen LogP contribution in [0, 0.1) is 0 Å². The van der Waals surface area contributed by atoms with E-state index in [2.05, 4.69) is 15.1 Å². The highest BCUT2D eigenvalue weighted by molar-refractivity contribution is 5.78. The standard InChI is InChI=1S/C21H23N5O3/c1-28-17-6-2-3-7-18(17)29-16-21(27)26-14-12-25(13-15-26)20-9-8-19(22-23-20)24-10-4-5-11-24/h2-11H,12-16H2,1H3. The Kier molecular flexibility index (Phi) is 5.60. The fourth-order valence-electron chi connectivity index (χ4n) is 3.27. The van der Waals surface area contributed by atoms with Gasteiger partial charge in [-0.05, 0) is 36.4 Å². The highest BCUT2D eigenvalue weighted by atomic mass is 16.5. The first kappa shape index (κ1) is 18.8. The Labute approximate surface area is 169 Å². The summed E-state index contributed by atoms with van der Waals surface area (Å²) in [6.45, 7) is 2.64. The quantitative estimate of drug-likeness (QED) is 0.638. The SMILES string of the molecule is COc1ccccc1OCC(=O)N1CCN(c2ccc(-n3cccc3)nn2)CC1. The Morgan fingerprint density at radius 3 is 2.21 bits per heavy atom. The van der Waals surface area contributed by atoms with Crippen LogP contribution in [0.3, 0.4) is 0 Å². The van der Waals surface area contributed by atoms with E-state index in [0.717, 1.165) is 11.6 Å². The van der Waals surface area contributed by atoms with E-state index in [0.29, 0.717) is 37.7 Å². The molecule has 29 heavy (non-hydrogen) atoms. The van der Waals surface area contributed by atoms with E-state index in [-0.39, 0.29) is 12.5 Å². The molecule has 0 spiro atoms. The van der Waals surface area contributed by atoms with E-state index in [1.165, 1.54) is 0 Å². The Balaban J connectivity index is 1.29. The fraction of sp³-hybridized carbons (Fsp3) is 0.286. The maximum atomic E-state index is 12.5. The minimum Gasteiger partial charge on any atom is -0.493 e. The van der Waals surface area contributed by atoms with Gasteiger partial charge in [0.15, 0.2) is 29.7 Å². The number of anilines is 1. The molecule has 0 atom stereocenters. The van der Waals surface area contributed by atoms with Crippen molar-refractivity contribution in [3.05, 3.63) is 60.9 Å². The van der Waals surface area contributed by atoms with Crippen molar-refractivity contribution in [3.63, 3.8) is 0 Å². The van der Waals surface area contributed by atoms with E-state index in [1.807, 2.05) is 58.3 Å². The van der Waals surface area contributed by atoms with E-state index in [1.54, 1.807) is 19.2 Å². The first-order chi connectivity index (χ1) is 14.2. The third kappa shape index (κ3) is 4.31. The van der Waals surface area contributed by atoms with Crippen molar-refractivity contribution >= 4 is 11.7 Å². The van der Waals surface area contributed by atoms with Crippen molar-refractivity contribution in [2.24, 2.45) is 0 Å². The van der Waals surface area contributed by atoms with Crippen molar-refractivity contribution in [2.45, 2.75) is 0 Å². The number of ether oxygens (including phenoxy) is 2. The predicted molar refractivity (Wildman–Crippen MR) is 109 cm³/mol. The number of para-hydroxylation sites is 2. The zero-order valence-corrected chi connectivity index (χ0v) is 16.3. The van der Waals surface area contributed by atoms with Crippen LogP contribution < -0.4 is 14.4 Å². The fourth-order valence-corrected chi connectivity index (χ4v) is 3.27. The maximum Gasteiger partial charge on any atom is 0.260 e. The normalized spacial score (nSPS) is 14.0. The van der Waals surface area contributed by atoms with Crippen LogP contribution >= 0.6 is 0 Å². The molecule has 1 fully saturated rings. The van der Waals surface area contributed by atoms with Crippen molar-refractivity contribution in [1.82, 2.24) is 19.7 Å². The molecule has 0 bridgehead atoms. The highest BCUT2D eigenvalue weighted by Gasteiger charge is 2.22. The van der Waals surface area contributed by atoms with E-state index >= 15 is 0 Å². The van der Waals surface area contributed by atoms with Gasteiger partial charge in [-0.3, -0.25) is 4.79 Å². The molecule has 1 aliphatic heterocycles. The number of benzene rings is 1. The molecule has 0 radical (unpaired) electrons. The van der Waals surface area contributed by atoms with Gasteiger partial charge in [0.05, 0.1) is 7.11 Å². The number of carbonyl (C=O) groups excluding carboxylic acids is 1. The number of nitrogens with zero attached hydrogens (tertiary/aromatic N) is 5. The molecular formula is C21H23N5O3. The summed E-state index contributed by atoms with van der Waals surface area (Å²) in [6, 6.07) is 15.1. The molecule has 0 saturated carbocycles. The summed E-state index contributed by atoms with van der Waals surface area (Å²) in [5.41, 5.74) is 0. The summed E-state index contributed by atoms with van der Waals surface area (Å²) in [5.74, 6) is 2.75. The second-order valence-electron chi connectivity index (χ2n) is 6.65. The van der Waals surface area contributed by atoms with E-state index in [9.17, 15) is 4.79 Å². The maximum absolute atomic E-state index is 12.5. The molecule has 3 heterocycles. The number of hydrogen-bond donors (Lipinski definition) is 0. The predicted octanol–water partition coefficient (Wildman–Crippen LogP) is 2.00. The van der Waals surface area contributed by atoms with Gasteiger partial charge in [-0.15, -0.1) is 10.2 Å². The number of rotatable bonds is 6. The van der Waals surface area contributed by atoms with E-state index in [4.69, 9.17) is 9.47 Å². The zero-order chi connectivity index (χ0) is 20.1. The Hall–Kier alpha value is -3.55. The van der Waals surface area contributed by atoms with Crippen molar-refractivity contribution in [3.8, 4) is 17.3 Å². The third-order valence-electron chi connectivity index (χ3n) is 4.88. The van der Waals surface area contributed by atoms with Crippen molar-refractivity contribution < 1.29 is 14.3 Å². The summed E-state index contributed by atoms with van der Waals surface area (Å²) >= 11 is 0. The molecule has 1 aromatic carbocycles. The monoisotopic (exact) mass is 393 g/mol. The number of aromatic nitrogens is 3. The Bertz CT molecular complexity index is 935. The lowest BCUT2D eigenvalue weighted by Crippen LogP contribution is -2.50. The van der Waals surface area contributed by atoms with Gasteiger partial charge in [0.2, 0.25) is 0 Å². The Morgan fingerprint density at radius 2 is 1.55 bits per heavy atom. The van der Waals surface area contributed by atoms with E-state index < -0.39 is 0 Å². The molecule has 4 rings (SSSR count). The summed E-state index contributed by atoms with van der Waals surface area (Å²) in [4.78, 5) is 16.5. The second kappa shape index (κ2) is 8.64. The second-order valence-corrected chi connectivity index (χ2v) is 6.65. The lowest BCUT2D eigenvalue weighted by Gasteiger charge is -2.35. The molecule has 8 heteroatoms. The first-order valence-corrected chi connectivity index (χ1v) is 9.50. The van der Waals surface area contributed by atoms with Crippen LogP contribution in [0.4, 0.5) is 5.82 Å².